The number of carbonyl (C=O) groups is 1. The maximum absolute atomic E-state index is 10.9. The lowest BCUT2D eigenvalue weighted by Crippen LogP contribution is -2.34. The van der Waals surface area contributed by atoms with Crippen LogP contribution in [0.1, 0.15) is 6.42 Å². The van der Waals surface area contributed by atoms with Crippen LogP contribution in [0, 0.1) is 0 Å². The zero-order chi connectivity index (χ0) is 8.69. The molecule has 0 radical (unpaired) electrons. The molecule has 0 heterocycles. The molecule has 0 aromatic carbocycles. The van der Waals surface area contributed by atoms with Crippen molar-refractivity contribution < 1.29 is 8.98 Å². The van der Waals surface area contributed by atoms with Gasteiger partial charge in [-0.05, 0) is 25.5 Å². The van der Waals surface area contributed by atoms with Crippen LogP contribution < -0.4 is 5.32 Å². The quantitative estimate of drug-likeness (QED) is 0.550. The molecule has 0 spiro atoms. The predicted molar refractivity (Wildman–Crippen MR) is 58.2 cm³/mol. The molecule has 0 aromatic heterocycles. The van der Waals surface area contributed by atoms with Gasteiger partial charge in [0.2, 0.25) is 0 Å². The minimum Gasteiger partial charge on any atom is -0.393 e. The zero-order valence-corrected chi connectivity index (χ0v) is 9.60. The van der Waals surface area contributed by atoms with E-state index in [1.165, 1.54) is 0 Å². The zero-order valence-electron chi connectivity index (χ0n) is 7.07. The largest absolute Gasteiger partial charge is 0.393 e. The van der Waals surface area contributed by atoms with E-state index in [1.54, 1.807) is 18.8 Å². The van der Waals surface area contributed by atoms with Crippen LogP contribution in [-0.4, -0.2) is 31.1 Å². The Kier molecular flexibility index (Phi) is 11.8. The number of halogens is 1. The molecule has 0 rings (SSSR count). The highest BCUT2D eigenvalue weighted by Gasteiger charge is 2.15. The summed E-state index contributed by atoms with van der Waals surface area (Å²) in [7, 11) is 1.73. The van der Waals surface area contributed by atoms with Crippen molar-refractivity contribution in [3.8, 4) is 0 Å². The summed E-state index contributed by atoms with van der Waals surface area (Å²) in [4.78, 5) is 10.9. The van der Waals surface area contributed by atoms with Gasteiger partial charge in [-0.3, -0.25) is 0 Å². The molecule has 0 aliphatic rings. The lowest BCUT2D eigenvalue weighted by molar-refractivity contribution is -0.135. The monoisotopic (exact) mass is 231 g/mol. The molecule has 6 heteroatoms. The Labute approximate surface area is 89.0 Å². The summed E-state index contributed by atoms with van der Waals surface area (Å²) in [5.74, 6) is 0.624. The molecule has 74 valence electrons. The number of hydrogen-bond donors (Lipinski definition) is 2. The van der Waals surface area contributed by atoms with Crippen LogP contribution in [0.5, 0.6) is 0 Å². The molecular weight excluding hydrogens is 218 g/mol. The normalized spacial score (nSPS) is 11.6. The van der Waals surface area contributed by atoms with E-state index in [0.717, 1.165) is 12.2 Å². The lowest BCUT2D eigenvalue weighted by Gasteiger charge is -2.10. The average molecular weight is 232 g/mol. The van der Waals surface area contributed by atoms with Crippen molar-refractivity contribution >= 4 is 43.0 Å². The first-order chi connectivity index (χ1) is 5.26. The van der Waals surface area contributed by atoms with Crippen LogP contribution in [0.2, 0.25) is 0 Å². The Bertz CT molecular complexity index is 126. The summed E-state index contributed by atoms with van der Waals surface area (Å²) >= 11 is 5.14. The van der Waals surface area contributed by atoms with Gasteiger partial charge >= 0.3 is 5.97 Å². The fourth-order valence-electron chi connectivity index (χ4n) is 0.679. The number of thioether (sulfide) groups is 1. The molecule has 0 aromatic rings. The molecule has 0 fully saturated rings. The van der Waals surface area contributed by atoms with Gasteiger partial charge < -0.3 is 9.50 Å². The van der Waals surface area contributed by atoms with Crippen LogP contribution in [0.15, 0.2) is 0 Å². The van der Waals surface area contributed by atoms with Gasteiger partial charge in [0, 0.05) is 12.9 Å². The summed E-state index contributed by atoms with van der Waals surface area (Å²) in [5, 5.41) is 2.85. The second-order valence-corrected chi connectivity index (χ2v) is 3.20. The summed E-state index contributed by atoms with van der Waals surface area (Å²) in [6.07, 6.45) is 2.77. The topological polar surface area (TPSA) is 38.3 Å². The number of rotatable bonds is 5. The number of nitrogens with one attached hydrogen (secondary N) is 1. The third-order valence-corrected chi connectivity index (χ3v) is 2.16. The molecule has 12 heavy (non-hydrogen) atoms. The lowest BCUT2D eigenvalue weighted by atomic mass is 10.2. The van der Waals surface area contributed by atoms with E-state index in [2.05, 4.69) is 22.4 Å². The summed E-state index contributed by atoms with van der Waals surface area (Å²) in [6, 6.07) is -0.222. The first-order valence-electron chi connectivity index (χ1n) is 3.27. The van der Waals surface area contributed by atoms with Crippen molar-refractivity contribution in [3.63, 3.8) is 0 Å². The maximum atomic E-state index is 10.9. The molecule has 0 saturated carbocycles. The SMILES string of the molecule is CN[C@@H](CCSC)C(=O)OS.Cl. The highest BCUT2D eigenvalue weighted by molar-refractivity contribution is 7.98. The smallest absolute Gasteiger partial charge is 0.334 e. The maximum Gasteiger partial charge on any atom is 0.334 e. The van der Waals surface area contributed by atoms with Gasteiger partial charge in [-0.15, -0.1) is 12.4 Å². The van der Waals surface area contributed by atoms with Crippen molar-refractivity contribution in [2.45, 2.75) is 12.5 Å². The molecule has 0 aliphatic heterocycles. The van der Waals surface area contributed by atoms with E-state index in [0.29, 0.717) is 0 Å². The van der Waals surface area contributed by atoms with Crippen LogP contribution in [-0.2, 0) is 8.98 Å². The highest BCUT2D eigenvalue weighted by Crippen LogP contribution is 2.02. The molecule has 0 unspecified atom stereocenters. The standard InChI is InChI=1S/C6H13NO2S2.ClH/c1-7-5(3-4-11-2)6(8)9-10;/h5,7,10H,3-4H2,1-2H3;1H/t5-;/m0./s1. The van der Waals surface area contributed by atoms with Gasteiger partial charge in [0.1, 0.15) is 6.04 Å². The third kappa shape index (κ3) is 5.99. The van der Waals surface area contributed by atoms with E-state index < -0.39 is 0 Å². The Morgan fingerprint density at radius 1 is 1.75 bits per heavy atom. The molecule has 0 aliphatic carbocycles. The Balaban J connectivity index is 0. The Morgan fingerprint density at radius 2 is 2.33 bits per heavy atom. The highest BCUT2D eigenvalue weighted by atomic mass is 35.5. The molecule has 3 nitrogen and oxygen atoms in total. The van der Waals surface area contributed by atoms with Crippen molar-refractivity contribution in [1.29, 1.82) is 0 Å². The van der Waals surface area contributed by atoms with E-state index in [1.807, 2.05) is 6.26 Å². The number of hydrogen-bond acceptors (Lipinski definition) is 5. The summed E-state index contributed by atoms with van der Waals surface area (Å²) in [5.41, 5.74) is 0. The van der Waals surface area contributed by atoms with Crippen molar-refractivity contribution in [2.24, 2.45) is 0 Å². The Morgan fingerprint density at radius 3 is 2.67 bits per heavy atom. The van der Waals surface area contributed by atoms with Gasteiger partial charge in [-0.2, -0.15) is 11.8 Å². The molecule has 0 saturated heterocycles. The first kappa shape index (κ1) is 14.9. The van der Waals surface area contributed by atoms with Gasteiger partial charge in [0.25, 0.3) is 0 Å². The van der Waals surface area contributed by atoms with E-state index in [4.69, 9.17) is 0 Å². The van der Waals surface area contributed by atoms with Crippen molar-refractivity contribution in [2.75, 3.05) is 19.1 Å². The molecule has 1 N–H and O–H groups in total. The second-order valence-electron chi connectivity index (χ2n) is 2.03. The summed E-state index contributed by atoms with van der Waals surface area (Å²) in [6.45, 7) is 0. The predicted octanol–water partition coefficient (Wildman–Crippen LogP) is 1.14. The number of carbonyl (C=O) groups excluding carboxylic acids is 1. The molecule has 0 amide bonds. The van der Waals surface area contributed by atoms with Crippen LogP contribution in [0.3, 0.4) is 0 Å². The van der Waals surface area contributed by atoms with Crippen LogP contribution >= 0.6 is 37.1 Å². The molecular formula is C6H14ClNO2S2. The van der Waals surface area contributed by atoms with Crippen molar-refractivity contribution in [1.82, 2.24) is 5.32 Å². The van der Waals surface area contributed by atoms with Gasteiger partial charge in [0.05, 0.1) is 0 Å². The van der Waals surface area contributed by atoms with Gasteiger partial charge in [-0.1, -0.05) is 0 Å². The number of likely N-dealkylation sites (N-methyl/N-ethyl adjacent to an activating group) is 1. The van der Waals surface area contributed by atoms with E-state index in [-0.39, 0.29) is 24.4 Å². The molecule has 0 bridgehead atoms. The van der Waals surface area contributed by atoms with Gasteiger partial charge in [0.15, 0.2) is 0 Å². The Hall–Kier alpha value is 0.420. The van der Waals surface area contributed by atoms with E-state index >= 15 is 0 Å². The first-order valence-corrected chi connectivity index (χ1v) is 5.03. The fraction of sp³-hybridized carbons (Fsp3) is 0.833. The van der Waals surface area contributed by atoms with Crippen LogP contribution in [0.4, 0.5) is 0 Å². The minimum absolute atomic E-state index is 0. The van der Waals surface area contributed by atoms with Gasteiger partial charge in [-0.25, -0.2) is 4.79 Å². The van der Waals surface area contributed by atoms with Crippen LogP contribution in [0.25, 0.3) is 0 Å². The fourth-order valence-corrected chi connectivity index (χ4v) is 1.28. The molecule has 1 atom stereocenters. The minimum atomic E-state index is -0.315. The van der Waals surface area contributed by atoms with Crippen molar-refractivity contribution in [3.05, 3.63) is 0 Å². The third-order valence-electron chi connectivity index (χ3n) is 1.33. The summed E-state index contributed by atoms with van der Waals surface area (Å²) < 4.78 is 4.28. The van der Waals surface area contributed by atoms with E-state index in [9.17, 15) is 4.79 Å². The average Bonchev–Trinajstić information content (AvgIpc) is 2.05. The number of thiol groups is 1. The second kappa shape index (κ2) is 9.51.